The van der Waals surface area contributed by atoms with Crippen molar-refractivity contribution in [1.29, 1.82) is 0 Å². The predicted octanol–water partition coefficient (Wildman–Crippen LogP) is 5.69. The molecule has 150 valence electrons. The Morgan fingerprint density at radius 1 is 0.567 bits per heavy atom. The molecule has 4 heteroatoms. The van der Waals surface area contributed by atoms with Crippen molar-refractivity contribution in [3.63, 3.8) is 0 Å². The summed E-state index contributed by atoms with van der Waals surface area (Å²) in [5, 5.41) is 0. The minimum Gasteiger partial charge on any atom is -0.245 e. The smallest absolute Gasteiger partial charge is 0.245 e. The van der Waals surface area contributed by atoms with Crippen LogP contribution in [-0.4, -0.2) is 8.42 Å². The summed E-state index contributed by atoms with van der Waals surface area (Å²) in [5.41, 5.74) is 1.86. The maximum atomic E-state index is 13.5. The molecule has 0 atom stereocenters. The monoisotopic (exact) mass is 414 g/mol. The molecule has 0 bridgehead atoms. The Kier molecular flexibility index (Phi) is 5.53. The van der Waals surface area contributed by atoms with E-state index < -0.39 is 15.7 Å². The Bertz CT molecular complexity index is 1110. The first-order valence-electron chi connectivity index (χ1n) is 9.71. The van der Waals surface area contributed by atoms with Gasteiger partial charge in [-0.1, -0.05) is 109 Å². The third-order valence-corrected chi connectivity index (χ3v) is 6.40. The van der Waals surface area contributed by atoms with Crippen LogP contribution in [0.4, 0.5) is 0 Å². The van der Waals surface area contributed by atoms with Crippen LogP contribution < -0.4 is 0 Å². The summed E-state index contributed by atoms with van der Waals surface area (Å²) >= 11 is 0. The van der Waals surface area contributed by atoms with Crippen molar-refractivity contribution < 1.29 is 12.6 Å². The molecule has 4 aromatic rings. The van der Waals surface area contributed by atoms with Gasteiger partial charge in [0, 0.05) is 0 Å². The molecule has 0 aliphatic heterocycles. The average molecular weight is 415 g/mol. The topological polar surface area (TPSA) is 43.4 Å². The lowest BCUT2D eigenvalue weighted by molar-refractivity contribution is 0.164. The van der Waals surface area contributed by atoms with E-state index in [0.717, 1.165) is 22.3 Å². The summed E-state index contributed by atoms with van der Waals surface area (Å²) < 4.78 is 33.1. The molecule has 0 N–H and O–H groups in total. The highest BCUT2D eigenvalue weighted by Crippen LogP contribution is 2.42. The van der Waals surface area contributed by atoms with Crippen molar-refractivity contribution in [2.24, 2.45) is 0 Å². The van der Waals surface area contributed by atoms with Gasteiger partial charge in [0.2, 0.25) is 0 Å². The van der Waals surface area contributed by atoms with E-state index in [0.29, 0.717) is 0 Å². The molecule has 0 heterocycles. The van der Waals surface area contributed by atoms with Gasteiger partial charge in [-0.25, -0.2) is 4.18 Å². The second kappa shape index (κ2) is 8.27. The van der Waals surface area contributed by atoms with E-state index >= 15 is 0 Å². The summed E-state index contributed by atoms with van der Waals surface area (Å²) in [6, 6.07) is 35.1. The van der Waals surface area contributed by atoms with E-state index in [4.69, 9.17) is 4.18 Å². The molecule has 0 aliphatic carbocycles. The van der Waals surface area contributed by atoms with Gasteiger partial charge < -0.3 is 0 Å². The van der Waals surface area contributed by atoms with Gasteiger partial charge in [-0.05, 0) is 35.7 Å². The molecule has 0 saturated carbocycles. The molecule has 4 rings (SSSR count). The second-order valence-electron chi connectivity index (χ2n) is 7.13. The fraction of sp³-hybridized carbons (Fsp3) is 0.0769. The quantitative estimate of drug-likeness (QED) is 0.301. The van der Waals surface area contributed by atoms with Gasteiger partial charge in [0.15, 0.2) is 5.60 Å². The molecule has 4 aromatic carbocycles. The fourth-order valence-electron chi connectivity index (χ4n) is 3.58. The van der Waals surface area contributed by atoms with Gasteiger partial charge in [-0.3, -0.25) is 0 Å². The van der Waals surface area contributed by atoms with Crippen molar-refractivity contribution in [2.75, 3.05) is 0 Å². The van der Waals surface area contributed by atoms with Crippen LogP contribution in [-0.2, 0) is 19.9 Å². The first kappa shape index (κ1) is 20.1. The van der Waals surface area contributed by atoms with Crippen molar-refractivity contribution in [1.82, 2.24) is 0 Å². The fourth-order valence-corrected chi connectivity index (χ4v) is 4.76. The zero-order valence-corrected chi connectivity index (χ0v) is 17.4. The lowest BCUT2D eigenvalue weighted by Crippen LogP contribution is -2.35. The average Bonchev–Trinajstić information content (AvgIpc) is 2.79. The molecule has 0 spiro atoms. The Labute approximate surface area is 177 Å². The third-order valence-electron chi connectivity index (χ3n) is 5.09. The minimum absolute atomic E-state index is 0.125. The SMILES string of the molecule is Cc1ccc(S(=O)(=O)OC(c2ccccc2)(c2ccccc2)c2ccccc2)cc1. The summed E-state index contributed by atoms with van der Waals surface area (Å²) in [6.45, 7) is 1.92. The minimum atomic E-state index is -4.08. The summed E-state index contributed by atoms with van der Waals surface area (Å²) in [7, 11) is -4.08. The Morgan fingerprint density at radius 3 is 1.30 bits per heavy atom. The van der Waals surface area contributed by atoms with E-state index in [9.17, 15) is 8.42 Å². The maximum Gasteiger partial charge on any atom is 0.298 e. The van der Waals surface area contributed by atoms with Crippen LogP contribution >= 0.6 is 0 Å². The van der Waals surface area contributed by atoms with Gasteiger partial charge in [0.1, 0.15) is 0 Å². The van der Waals surface area contributed by atoms with Crippen LogP contribution in [0.25, 0.3) is 0 Å². The normalized spacial score (nSPS) is 11.9. The Hall–Kier alpha value is -3.21. The highest BCUT2D eigenvalue weighted by Gasteiger charge is 2.42. The third kappa shape index (κ3) is 3.80. The van der Waals surface area contributed by atoms with Crippen molar-refractivity contribution in [3.05, 3.63) is 138 Å². The number of benzene rings is 4. The van der Waals surface area contributed by atoms with E-state index in [2.05, 4.69) is 0 Å². The first-order chi connectivity index (χ1) is 14.5. The Morgan fingerprint density at radius 2 is 0.933 bits per heavy atom. The Balaban J connectivity index is 1.99. The van der Waals surface area contributed by atoms with Crippen LogP contribution in [0.3, 0.4) is 0 Å². The number of rotatable bonds is 6. The lowest BCUT2D eigenvalue weighted by Gasteiger charge is -2.34. The molecule has 0 saturated heterocycles. The van der Waals surface area contributed by atoms with Crippen molar-refractivity contribution in [3.8, 4) is 0 Å². The molecule has 0 unspecified atom stereocenters. The van der Waals surface area contributed by atoms with Crippen LogP contribution in [0.1, 0.15) is 22.3 Å². The number of hydrogen-bond donors (Lipinski definition) is 0. The van der Waals surface area contributed by atoms with Crippen LogP contribution in [0, 0.1) is 6.92 Å². The number of aryl methyl sites for hydroxylation is 1. The molecular weight excluding hydrogens is 392 g/mol. The van der Waals surface area contributed by atoms with Gasteiger partial charge in [0.05, 0.1) is 4.90 Å². The summed E-state index contributed by atoms with van der Waals surface area (Å²) in [6.07, 6.45) is 0. The highest BCUT2D eigenvalue weighted by atomic mass is 32.2. The summed E-state index contributed by atoms with van der Waals surface area (Å²) in [5.74, 6) is 0. The molecule has 30 heavy (non-hydrogen) atoms. The molecule has 3 nitrogen and oxygen atoms in total. The predicted molar refractivity (Wildman–Crippen MR) is 119 cm³/mol. The standard InChI is InChI=1S/C26H22O3S/c1-21-17-19-25(20-18-21)30(27,28)29-26(22-11-5-2-6-12-22,23-13-7-3-8-14-23)24-15-9-4-10-16-24/h2-20H,1H3. The van der Waals surface area contributed by atoms with E-state index in [1.165, 1.54) is 0 Å². The zero-order chi connectivity index (χ0) is 21.0. The molecular formula is C26H22O3S. The van der Waals surface area contributed by atoms with E-state index in [1.807, 2.05) is 97.9 Å². The molecule has 0 fully saturated rings. The van der Waals surface area contributed by atoms with Gasteiger partial charge in [0.25, 0.3) is 10.1 Å². The molecule has 0 amide bonds. The first-order valence-corrected chi connectivity index (χ1v) is 11.1. The van der Waals surface area contributed by atoms with Gasteiger partial charge in [-0.15, -0.1) is 0 Å². The maximum absolute atomic E-state index is 13.5. The lowest BCUT2D eigenvalue weighted by atomic mass is 9.80. The zero-order valence-electron chi connectivity index (χ0n) is 16.6. The molecule has 0 aliphatic rings. The van der Waals surface area contributed by atoms with Crippen molar-refractivity contribution >= 4 is 10.1 Å². The number of hydrogen-bond acceptors (Lipinski definition) is 3. The largest absolute Gasteiger partial charge is 0.298 e. The molecule has 0 radical (unpaired) electrons. The van der Waals surface area contributed by atoms with Crippen LogP contribution in [0.5, 0.6) is 0 Å². The van der Waals surface area contributed by atoms with Gasteiger partial charge >= 0.3 is 0 Å². The highest BCUT2D eigenvalue weighted by molar-refractivity contribution is 7.86. The van der Waals surface area contributed by atoms with E-state index in [1.54, 1.807) is 24.3 Å². The van der Waals surface area contributed by atoms with Crippen LogP contribution in [0.2, 0.25) is 0 Å². The van der Waals surface area contributed by atoms with Crippen LogP contribution in [0.15, 0.2) is 120 Å². The van der Waals surface area contributed by atoms with Gasteiger partial charge in [-0.2, -0.15) is 8.42 Å². The second-order valence-corrected chi connectivity index (χ2v) is 8.68. The van der Waals surface area contributed by atoms with Crippen molar-refractivity contribution in [2.45, 2.75) is 17.4 Å². The van der Waals surface area contributed by atoms with E-state index in [-0.39, 0.29) is 4.90 Å². The summed E-state index contributed by atoms with van der Waals surface area (Å²) in [4.78, 5) is 0.125. The molecule has 0 aromatic heterocycles.